The van der Waals surface area contributed by atoms with Crippen molar-refractivity contribution in [3.63, 3.8) is 0 Å². The Morgan fingerprint density at radius 3 is 2.37 bits per heavy atom. The van der Waals surface area contributed by atoms with Crippen LogP contribution in [0.4, 0.5) is 0 Å². The molecule has 0 bridgehead atoms. The Morgan fingerprint density at radius 1 is 1.14 bits per heavy atom. The van der Waals surface area contributed by atoms with E-state index in [4.69, 9.17) is 4.99 Å². The van der Waals surface area contributed by atoms with Gasteiger partial charge in [-0.15, -0.1) is 0 Å². The Morgan fingerprint density at radius 2 is 1.84 bits per heavy atom. The Balaban J connectivity index is 0.000000436. The van der Waals surface area contributed by atoms with Crippen molar-refractivity contribution in [2.75, 3.05) is 26.7 Å². The van der Waals surface area contributed by atoms with Crippen LogP contribution in [0.2, 0.25) is 0 Å². The van der Waals surface area contributed by atoms with E-state index in [-0.39, 0.29) is 0 Å². The third kappa shape index (κ3) is 9.28. The Kier molecular flexibility index (Phi) is 13.5. The van der Waals surface area contributed by atoms with Crippen LogP contribution in [0.3, 0.4) is 0 Å². The monoisotopic (exact) mass is 585 g/mol. The van der Waals surface area contributed by atoms with Crippen LogP contribution in [0.5, 0.6) is 0 Å². The maximum Gasteiger partial charge on any atom is 0.140 e. The summed E-state index contributed by atoms with van der Waals surface area (Å²) in [5.41, 5.74) is 10.9. The third-order valence-corrected chi connectivity index (χ3v) is 9.31. The average molecular weight is 586 g/mol. The molecule has 2 fully saturated rings. The number of nitrogens with one attached hydrogen (secondary N) is 1. The maximum atomic E-state index is 5.10. The van der Waals surface area contributed by atoms with E-state index in [1.807, 2.05) is 14.0 Å². The van der Waals surface area contributed by atoms with Gasteiger partial charge in [-0.25, -0.2) is 4.99 Å². The highest BCUT2D eigenvalue weighted by atomic mass is 15.2. The molecule has 3 heterocycles. The van der Waals surface area contributed by atoms with Gasteiger partial charge in [-0.1, -0.05) is 57.9 Å². The molecular weight excluding hydrogens is 526 g/mol. The Hall–Kier alpha value is -2.92. The molecule has 1 saturated heterocycles. The highest BCUT2D eigenvalue weighted by Gasteiger charge is 2.30. The number of unbranched alkanes of at least 4 members (excludes halogenated alkanes) is 1. The van der Waals surface area contributed by atoms with Crippen LogP contribution < -0.4 is 5.32 Å². The van der Waals surface area contributed by atoms with E-state index in [0.29, 0.717) is 6.04 Å². The van der Waals surface area contributed by atoms with Crippen LogP contribution in [-0.2, 0) is 0 Å². The minimum Gasteiger partial charge on any atom is -0.370 e. The zero-order valence-electron chi connectivity index (χ0n) is 28.8. The SMILES string of the molecule is C=C(C)/C(C)=C/C(=NC)C1=CC(=C2CCC2)N2C=C(N3CCC(NCC)CC3)C=C(C)C2=N1.CCC/C=C(/C)C(C)CC. The fourth-order valence-corrected chi connectivity index (χ4v) is 5.67. The molecule has 0 amide bonds. The molecule has 1 unspecified atom stereocenters. The largest absolute Gasteiger partial charge is 0.370 e. The molecule has 1 aliphatic carbocycles. The number of hydrogen-bond donors (Lipinski definition) is 1. The number of rotatable bonds is 10. The Labute approximate surface area is 263 Å². The molecule has 1 atom stereocenters. The lowest BCUT2D eigenvalue weighted by atomic mass is 9.88. The van der Waals surface area contributed by atoms with Gasteiger partial charge in [0, 0.05) is 38.1 Å². The number of piperidine rings is 1. The van der Waals surface area contributed by atoms with Crippen LogP contribution in [0, 0.1) is 5.92 Å². The van der Waals surface area contributed by atoms with E-state index < -0.39 is 0 Å². The second-order valence-electron chi connectivity index (χ2n) is 12.6. The van der Waals surface area contributed by atoms with Crippen molar-refractivity contribution in [3.8, 4) is 0 Å². The summed E-state index contributed by atoms with van der Waals surface area (Å²) in [6.45, 7) is 24.8. The van der Waals surface area contributed by atoms with Crippen molar-refractivity contribution >= 4 is 11.5 Å². The van der Waals surface area contributed by atoms with Gasteiger partial charge in [-0.3, -0.25) is 9.89 Å². The van der Waals surface area contributed by atoms with E-state index in [9.17, 15) is 0 Å². The first-order valence-electron chi connectivity index (χ1n) is 16.8. The second kappa shape index (κ2) is 16.8. The van der Waals surface area contributed by atoms with Gasteiger partial charge in [0.25, 0.3) is 0 Å². The molecule has 1 N–H and O–H groups in total. The van der Waals surface area contributed by atoms with Crippen molar-refractivity contribution in [1.82, 2.24) is 15.1 Å². The van der Waals surface area contributed by atoms with E-state index >= 15 is 0 Å². The van der Waals surface area contributed by atoms with E-state index in [2.05, 4.69) is 106 Å². The fourth-order valence-electron chi connectivity index (χ4n) is 5.67. The number of aliphatic imine (C=N–C) groups is 2. The predicted octanol–water partition coefficient (Wildman–Crippen LogP) is 9.27. The van der Waals surface area contributed by atoms with E-state index in [1.165, 1.54) is 73.9 Å². The van der Waals surface area contributed by atoms with Crippen molar-refractivity contribution in [2.24, 2.45) is 15.9 Å². The summed E-state index contributed by atoms with van der Waals surface area (Å²) in [6, 6.07) is 0.647. The van der Waals surface area contributed by atoms with Crippen molar-refractivity contribution in [3.05, 3.63) is 82.0 Å². The molecule has 236 valence electrons. The smallest absolute Gasteiger partial charge is 0.140 e. The highest BCUT2D eigenvalue weighted by molar-refractivity contribution is 6.13. The molecule has 4 aliphatic rings. The van der Waals surface area contributed by atoms with Gasteiger partial charge < -0.3 is 10.2 Å². The molecular formula is C38H59N5. The van der Waals surface area contributed by atoms with Crippen LogP contribution in [0.15, 0.2) is 92.0 Å². The van der Waals surface area contributed by atoms with Gasteiger partial charge >= 0.3 is 0 Å². The van der Waals surface area contributed by atoms with E-state index in [1.54, 1.807) is 5.57 Å². The third-order valence-electron chi connectivity index (χ3n) is 9.31. The van der Waals surface area contributed by atoms with Gasteiger partial charge in [0.15, 0.2) is 0 Å². The van der Waals surface area contributed by atoms with Crippen LogP contribution in [0.25, 0.3) is 0 Å². The molecule has 43 heavy (non-hydrogen) atoms. The summed E-state index contributed by atoms with van der Waals surface area (Å²) in [4.78, 5) is 14.5. The normalized spacial score (nSPS) is 20.7. The second-order valence-corrected chi connectivity index (χ2v) is 12.6. The molecule has 0 radical (unpaired) electrons. The van der Waals surface area contributed by atoms with Crippen molar-refractivity contribution in [1.29, 1.82) is 0 Å². The molecule has 1 saturated carbocycles. The minimum absolute atomic E-state index is 0.647. The van der Waals surface area contributed by atoms with E-state index in [0.717, 1.165) is 53.9 Å². The lowest BCUT2D eigenvalue weighted by molar-refractivity contribution is 0.246. The molecule has 3 aliphatic heterocycles. The van der Waals surface area contributed by atoms with Crippen molar-refractivity contribution in [2.45, 2.75) is 113 Å². The summed E-state index contributed by atoms with van der Waals surface area (Å²) in [7, 11) is 1.85. The maximum absolute atomic E-state index is 5.10. The number of nitrogens with zero attached hydrogens (tertiary/aromatic N) is 4. The molecule has 0 aromatic rings. The zero-order valence-corrected chi connectivity index (χ0v) is 28.8. The number of allylic oxidation sites excluding steroid dienone is 8. The summed E-state index contributed by atoms with van der Waals surface area (Å²) in [5, 5.41) is 3.61. The molecule has 5 heteroatoms. The molecule has 0 aromatic carbocycles. The number of likely N-dealkylation sites (tertiary alicyclic amines) is 1. The predicted molar refractivity (Wildman–Crippen MR) is 188 cm³/mol. The summed E-state index contributed by atoms with van der Waals surface area (Å²) < 4.78 is 0. The zero-order chi connectivity index (χ0) is 31.5. The molecule has 0 aromatic heterocycles. The summed E-state index contributed by atoms with van der Waals surface area (Å²) in [5.74, 6) is 1.81. The average Bonchev–Trinajstić information content (AvgIpc) is 2.98. The molecule has 5 nitrogen and oxygen atoms in total. The number of fused-ring (bicyclic) bond motifs is 1. The Bertz CT molecular complexity index is 1230. The minimum atomic E-state index is 0.647. The first kappa shape index (κ1) is 34.6. The highest BCUT2D eigenvalue weighted by Crippen LogP contribution is 2.37. The first-order chi connectivity index (χ1) is 20.6. The molecule has 0 spiro atoms. The van der Waals surface area contributed by atoms with Gasteiger partial charge in [-0.05, 0) is 120 Å². The van der Waals surface area contributed by atoms with Crippen LogP contribution >= 0.6 is 0 Å². The van der Waals surface area contributed by atoms with Gasteiger partial charge in [0.2, 0.25) is 0 Å². The number of hydrogen-bond acceptors (Lipinski definition) is 5. The lowest BCUT2D eigenvalue weighted by Gasteiger charge is -2.40. The van der Waals surface area contributed by atoms with Gasteiger partial charge in [0.1, 0.15) is 5.84 Å². The van der Waals surface area contributed by atoms with Gasteiger partial charge in [-0.2, -0.15) is 0 Å². The number of amidine groups is 1. The fraction of sp³-hybridized carbons (Fsp3) is 0.579. The lowest BCUT2D eigenvalue weighted by Crippen LogP contribution is -2.43. The standard InChI is InChI=1S/C28H39N5.C10H20/c1-7-30-23-11-13-32(14-12-23)24-15-21(5)28-31-26(25(29-6)16-20(4)19(2)3)17-27(33(28)18-24)22-9-8-10-22;1-5-7-8-10(4)9(3)6-2/h15-18,23,30H,2,7-14H2,1,3-6H3;8-9H,5-7H2,1-4H3/b20-16+,29-25?;10-8-. The summed E-state index contributed by atoms with van der Waals surface area (Å²) >= 11 is 0. The van der Waals surface area contributed by atoms with Crippen LogP contribution in [-0.4, -0.2) is 54.1 Å². The molecule has 4 rings (SSSR count). The summed E-state index contributed by atoms with van der Waals surface area (Å²) in [6.07, 6.45) is 21.1. The quantitative estimate of drug-likeness (QED) is 0.158. The van der Waals surface area contributed by atoms with Gasteiger partial charge in [0.05, 0.1) is 17.1 Å². The van der Waals surface area contributed by atoms with Crippen LogP contribution in [0.1, 0.15) is 107 Å². The topological polar surface area (TPSA) is 43.2 Å². The first-order valence-corrected chi connectivity index (χ1v) is 16.8. The van der Waals surface area contributed by atoms with Crippen molar-refractivity contribution < 1.29 is 0 Å².